The van der Waals surface area contributed by atoms with Crippen molar-refractivity contribution in [3.05, 3.63) is 59.4 Å². The summed E-state index contributed by atoms with van der Waals surface area (Å²) < 4.78 is 0. The second kappa shape index (κ2) is 6.09. The van der Waals surface area contributed by atoms with E-state index >= 15 is 0 Å². The molecule has 0 amide bonds. The molecule has 0 saturated carbocycles. The van der Waals surface area contributed by atoms with Crippen molar-refractivity contribution < 1.29 is 0 Å². The monoisotopic (exact) mass is 295 g/mol. The van der Waals surface area contributed by atoms with Crippen LogP contribution in [0.3, 0.4) is 0 Å². The smallest absolute Gasteiger partial charge is 0.0557 e. The van der Waals surface area contributed by atoms with E-state index in [4.69, 9.17) is 0 Å². The summed E-state index contributed by atoms with van der Waals surface area (Å²) in [7, 11) is 0. The Morgan fingerprint density at radius 1 is 1.27 bits per heavy atom. The van der Waals surface area contributed by atoms with Gasteiger partial charge in [-0.3, -0.25) is 4.98 Å². The lowest BCUT2D eigenvalue weighted by atomic mass is 9.85. The van der Waals surface area contributed by atoms with Crippen LogP contribution in [-0.2, 0) is 6.42 Å². The van der Waals surface area contributed by atoms with Crippen molar-refractivity contribution in [3.8, 4) is 0 Å². The zero-order valence-corrected chi connectivity index (χ0v) is 13.7. The molecule has 22 heavy (non-hydrogen) atoms. The van der Waals surface area contributed by atoms with Crippen LogP contribution in [0.2, 0.25) is 0 Å². The molecular formula is C19H25N3. The number of fused-ring (bicyclic) bond motifs is 1. The minimum absolute atomic E-state index is 0.287. The van der Waals surface area contributed by atoms with E-state index in [2.05, 4.69) is 60.7 Å². The van der Waals surface area contributed by atoms with Gasteiger partial charge in [-0.1, -0.05) is 38.1 Å². The minimum Gasteiger partial charge on any atom is -0.382 e. The van der Waals surface area contributed by atoms with Gasteiger partial charge in [0.25, 0.3) is 0 Å². The molecule has 0 saturated heterocycles. The van der Waals surface area contributed by atoms with Crippen LogP contribution in [0.4, 0.5) is 5.69 Å². The van der Waals surface area contributed by atoms with Gasteiger partial charge in [-0.05, 0) is 41.5 Å². The molecule has 3 rings (SSSR count). The van der Waals surface area contributed by atoms with Gasteiger partial charge in [0.15, 0.2) is 0 Å². The Bertz CT molecular complexity index is 649. The minimum atomic E-state index is 0.287. The molecule has 2 N–H and O–H groups in total. The third kappa shape index (κ3) is 3.30. The number of benzene rings is 1. The molecule has 2 aromatic rings. The highest BCUT2D eigenvalue weighted by molar-refractivity contribution is 5.48. The van der Waals surface area contributed by atoms with Crippen molar-refractivity contribution >= 4 is 5.69 Å². The Hall–Kier alpha value is -1.87. The highest BCUT2D eigenvalue weighted by Crippen LogP contribution is 2.31. The van der Waals surface area contributed by atoms with Crippen LogP contribution in [0.15, 0.2) is 42.7 Å². The van der Waals surface area contributed by atoms with E-state index in [1.165, 1.54) is 16.7 Å². The fraction of sp³-hybridized carbons (Fsp3) is 0.421. The highest BCUT2D eigenvalue weighted by atomic mass is 15.0. The van der Waals surface area contributed by atoms with Crippen molar-refractivity contribution in [3.63, 3.8) is 0 Å². The van der Waals surface area contributed by atoms with E-state index in [0.29, 0.717) is 6.04 Å². The van der Waals surface area contributed by atoms with E-state index in [1.807, 2.05) is 18.5 Å². The second-order valence-electron chi connectivity index (χ2n) is 7.04. The average Bonchev–Trinajstić information content (AvgIpc) is 2.62. The molecule has 3 nitrogen and oxygen atoms in total. The maximum Gasteiger partial charge on any atom is 0.0557 e. The van der Waals surface area contributed by atoms with Crippen LogP contribution in [0.5, 0.6) is 0 Å². The summed E-state index contributed by atoms with van der Waals surface area (Å²) in [6.45, 7) is 8.68. The quantitative estimate of drug-likeness (QED) is 0.906. The average molecular weight is 295 g/mol. The molecule has 0 radical (unpaired) electrons. The number of pyridine rings is 1. The highest BCUT2D eigenvalue weighted by Gasteiger charge is 2.27. The van der Waals surface area contributed by atoms with E-state index in [1.54, 1.807) is 0 Å². The largest absolute Gasteiger partial charge is 0.382 e. The van der Waals surface area contributed by atoms with Crippen molar-refractivity contribution in [1.29, 1.82) is 0 Å². The molecule has 3 heteroatoms. The molecular weight excluding hydrogens is 270 g/mol. The zero-order chi connectivity index (χ0) is 15.6. The molecule has 116 valence electrons. The second-order valence-corrected chi connectivity index (χ2v) is 7.04. The molecule has 2 heterocycles. The van der Waals surface area contributed by atoms with Gasteiger partial charge >= 0.3 is 0 Å². The zero-order valence-electron chi connectivity index (χ0n) is 13.7. The van der Waals surface area contributed by atoms with Crippen LogP contribution in [0, 0.1) is 12.3 Å². The van der Waals surface area contributed by atoms with Crippen molar-refractivity contribution in [2.24, 2.45) is 5.41 Å². The van der Waals surface area contributed by atoms with E-state index in [9.17, 15) is 0 Å². The summed E-state index contributed by atoms with van der Waals surface area (Å²) in [5.41, 5.74) is 5.52. The van der Waals surface area contributed by atoms with Gasteiger partial charge in [0.2, 0.25) is 0 Å². The first-order valence-corrected chi connectivity index (χ1v) is 8.01. The van der Waals surface area contributed by atoms with E-state index in [0.717, 1.165) is 25.2 Å². The Kier molecular flexibility index (Phi) is 4.16. The molecule has 1 aromatic carbocycles. The lowest BCUT2D eigenvalue weighted by molar-refractivity contribution is 0.336. The lowest BCUT2D eigenvalue weighted by Gasteiger charge is -2.23. The van der Waals surface area contributed by atoms with Crippen molar-refractivity contribution in [2.75, 3.05) is 18.4 Å². The Morgan fingerprint density at radius 2 is 2.09 bits per heavy atom. The molecule has 0 bridgehead atoms. The summed E-state index contributed by atoms with van der Waals surface area (Å²) in [5, 5.41) is 7.29. The molecule has 1 aliphatic heterocycles. The number of rotatable bonds is 3. The number of aromatic nitrogens is 1. The number of hydrogen-bond acceptors (Lipinski definition) is 3. The van der Waals surface area contributed by atoms with Crippen molar-refractivity contribution in [2.45, 2.75) is 33.2 Å². The first-order valence-electron chi connectivity index (χ1n) is 8.01. The predicted octanol–water partition coefficient (Wildman–Crippen LogP) is 3.72. The lowest BCUT2D eigenvalue weighted by Crippen LogP contribution is -2.33. The summed E-state index contributed by atoms with van der Waals surface area (Å²) >= 11 is 0. The number of anilines is 1. The fourth-order valence-electron chi connectivity index (χ4n) is 3.17. The molecule has 1 aromatic heterocycles. The van der Waals surface area contributed by atoms with E-state index in [-0.39, 0.29) is 5.41 Å². The third-order valence-corrected chi connectivity index (χ3v) is 4.46. The SMILES string of the molecule is Cc1ccncc1NCC1NCC(C)(C)Cc2ccccc21. The van der Waals surface area contributed by atoms with Crippen LogP contribution in [-0.4, -0.2) is 18.1 Å². The Labute approximate surface area is 133 Å². The first-order chi connectivity index (χ1) is 10.6. The van der Waals surface area contributed by atoms with E-state index < -0.39 is 0 Å². The normalized spacial score (nSPS) is 20.0. The number of nitrogens with zero attached hydrogens (tertiary/aromatic N) is 1. The van der Waals surface area contributed by atoms with Gasteiger partial charge in [0, 0.05) is 25.3 Å². The molecule has 0 aliphatic carbocycles. The predicted molar refractivity (Wildman–Crippen MR) is 92.1 cm³/mol. The molecule has 0 fully saturated rings. The molecule has 1 unspecified atom stereocenters. The molecule has 1 aliphatic rings. The van der Waals surface area contributed by atoms with Crippen LogP contribution in [0.1, 0.15) is 36.6 Å². The van der Waals surface area contributed by atoms with Gasteiger partial charge < -0.3 is 10.6 Å². The van der Waals surface area contributed by atoms with Crippen LogP contribution in [0.25, 0.3) is 0 Å². The number of nitrogens with one attached hydrogen (secondary N) is 2. The fourth-order valence-corrected chi connectivity index (χ4v) is 3.17. The molecule has 1 atom stereocenters. The van der Waals surface area contributed by atoms with Gasteiger partial charge in [0.1, 0.15) is 0 Å². The Balaban J connectivity index is 1.80. The third-order valence-electron chi connectivity index (χ3n) is 4.46. The van der Waals surface area contributed by atoms with Crippen molar-refractivity contribution in [1.82, 2.24) is 10.3 Å². The van der Waals surface area contributed by atoms with Gasteiger partial charge in [-0.2, -0.15) is 0 Å². The molecule has 0 spiro atoms. The van der Waals surface area contributed by atoms with Crippen LogP contribution < -0.4 is 10.6 Å². The van der Waals surface area contributed by atoms with Gasteiger partial charge in [-0.15, -0.1) is 0 Å². The maximum atomic E-state index is 4.21. The number of aryl methyl sites for hydroxylation is 1. The van der Waals surface area contributed by atoms with Gasteiger partial charge in [0.05, 0.1) is 11.9 Å². The summed E-state index contributed by atoms with van der Waals surface area (Å²) in [5.74, 6) is 0. The Morgan fingerprint density at radius 3 is 2.91 bits per heavy atom. The maximum absolute atomic E-state index is 4.21. The summed E-state index contributed by atoms with van der Waals surface area (Å²) in [4.78, 5) is 4.21. The van der Waals surface area contributed by atoms with Crippen LogP contribution >= 0.6 is 0 Å². The number of hydrogen-bond donors (Lipinski definition) is 2. The first kappa shape index (κ1) is 15.0. The standard InChI is InChI=1S/C19H25N3/c1-14-8-9-20-11-17(14)21-12-18-16-7-5-4-6-15(16)10-19(2,3)13-22-18/h4-9,11,18,21-22H,10,12-13H2,1-3H3. The van der Waals surface area contributed by atoms with Gasteiger partial charge in [-0.25, -0.2) is 0 Å². The summed E-state index contributed by atoms with van der Waals surface area (Å²) in [6.07, 6.45) is 4.86. The topological polar surface area (TPSA) is 37.0 Å². The summed E-state index contributed by atoms with van der Waals surface area (Å²) in [6, 6.07) is 11.2.